The van der Waals surface area contributed by atoms with Crippen LogP contribution in [0.2, 0.25) is 0 Å². The van der Waals surface area contributed by atoms with Gasteiger partial charge >= 0.3 is 12.0 Å². The van der Waals surface area contributed by atoms with Crippen molar-refractivity contribution in [2.45, 2.75) is 57.7 Å². The van der Waals surface area contributed by atoms with Crippen LogP contribution >= 0.6 is 0 Å². The lowest BCUT2D eigenvalue weighted by Gasteiger charge is -2.35. The zero-order valence-corrected chi connectivity index (χ0v) is 12.6. The molecule has 2 aliphatic rings. The number of nitrogens with zero attached hydrogens (tertiary/aromatic N) is 2. The lowest BCUT2D eigenvalue weighted by atomic mass is 10.0. The van der Waals surface area contributed by atoms with E-state index in [1.807, 2.05) is 0 Å². The van der Waals surface area contributed by atoms with Crippen molar-refractivity contribution in [2.75, 3.05) is 19.6 Å². The van der Waals surface area contributed by atoms with Crippen LogP contribution in [0.5, 0.6) is 0 Å². The third kappa shape index (κ3) is 3.06. The molecule has 0 aromatic rings. The minimum Gasteiger partial charge on any atom is -0.480 e. The Morgan fingerprint density at radius 3 is 2.50 bits per heavy atom. The first-order valence-corrected chi connectivity index (χ1v) is 7.41. The molecule has 6 nitrogen and oxygen atoms in total. The molecule has 114 valence electrons. The SMILES string of the molecule is CCN(C(=O)NC1CCN(C2CC2)C1)C(C)(C)C(=O)O. The maximum atomic E-state index is 12.3. The molecule has 20 heavy (non-hydrogen) atoms. The zero-order chi connectivity index (χ0) is 14.9. The highest BCUT2D eigenvalue weighted by molar-refractivity contribution is 5.85. The van der Waals surface area contributed by atoms with Gasteiger partial charge in [0.05, 0.1) is 0 Å². The largest absolute Gasteiger partial charge is 0.480 e. The summed E-state index contributed by atoms with van der Waals surface area (Å²) in [7, 11) is 0. The molecule has 1 aliphatic heterocycles. The molecule has 0 radical (unpaired) electrons. The van der Waals surface area contributed by atoms with Crippen molar-refractivity contribution in [2.24, 2.45) is 0 Å². The Hall–Kier alpha value is -1.30. The van der Waals surface area contributed by atoms with Crippen LogP contribution in [-0.4, -0.2) is 64.2 Å². The van der Waals surface area contributed by atoms with Crippen LogP contribution in [0, 0.1) is 0 Å². The number of carbonyl (C=O) groups is 2. The second-order valence-corrected chi connectivity index (χ2v) is 6.27. The molecule has 2 fully saturated rings. The van der Waals surface area contributed by atoms with Crippen molar-refractivity contribution >= 4 is 12.0 Å². The molecule has 1 atom stereocenters. The first-order chi connectivity index (χ1) is 9.36. The van der Waals surface area contributed by atoms with E-state index in [2.05, 4.69) is 10.2 Å². The van der Waals surface area contributed by atoms with Gasteiger partial charge in [0.2, 0.25) is 0 Å². The number of nitrogens with one attached hydrogen (secondary N) is 1. The van der Waals surface area contributed by atoms with Gasteiger partial charge in [-0.3, -0.25) is 4.90 Å². The summed E-state index contributed by atoms with van der Waals surface area (Å²) >= 11 is 0. The number of aliphatic carboxylic acids is 1. The van der Waals surface area contributed by atoms with Crippen LogP contribution in [0.15, 0.2) is 0 Å². The van der Waals surface area contributed by atoms with Gasteiger partial charge in [-0.2, -0.15) is 0 Å². The molecular formula is C14H25N3O3. The Morgan fingerprint density at radius 2 is 2.00 bits per heavy atom. The number of likely N-dealkylation sites (N-methyl/N-ethyl adjacent to an activating group) is 1. The Labute approximate surface area is 120 Å². The fourth-order valence-corrected chi connectivity index (χ4v) is 2.84. The number of amides is 2. The van der Waals surface area contributed by atoms with E-state index in [-0.39, 0.29) is 12.1 Å². The molecule has 1 aliphatic carbocycles. The van der Waals surface area contributed by atoms with Crippen molar-refractivity contribution in [1.82, 2.24) is 15.1 Å². The summed E-state index contributed by atoms with van der Waals surface area (Å²) < 4.78 is 0. The lowest BCUT2D eigenvalue weighted by molar-refractivity contribution is -0.147. The maximum Gasteiger partial charge on any atom is 0.329 e. The first kappa shape index (κ1) is 15.1. The highest BCUT2D eigenvalue weighted by atomic mass is 16.4. The van der Waals surface area contributed by atoms with Crippen LogP contribution in [0.3, 0.4) is 0 Å². The topological polar surface area (TPSA) is 72.9 Å². The van der Waals surface area contributed by atoms with E-state index in [1.165, 1.54) is 17.7 Å². The Bertz CT molecular complexity index is 393. The Morgan fingerprint density at radius 1 is 1.35 bits per heavy atom. The lowest BCUT2D eigenvalue weighted by Crippen LogP contribution is -2.57. The van der Waals surface area contributed by atoms with Crippen molar-refractivity contribution in [3.63, 3.8) is 0 Å². The van der Waals surface area contributed by atoms with Gasteiger partial charge in [0, 0.05) is 31.7 Å². The van der Waals surface area contributed by atoms with E-state index in [0.29, 0.717) is 6.54 Å². The fourth-order valence-electron chi connectivity index (χ4n) is 2.84. The number of rotatable bonds is 5. The molecule has 6 heteroatoms. The standard InChI is InChI=1S/C14H25N3O3/c1-4-17(14(2,3)12(18)19)13(20)15-10-7-8-16(9-10)11-5-6-11/h10-11H,4-9H2,1-3H3,(H,15,20)(H,18,19). The van der Waals surface area contributed by atoms with Crippen LogP contribution in [-0.2, 0) is 4.79 Å². The number of hydrogen-bond donors (Lipinski definition) is 2. The average Bonchev–Trinajstić information content (AvgIpc) is 3.11. The van der Waals surface area contributed by atoms with E-state index in [4.69, 9.17) is 0 Å². The highest BCUT2D eigenvalue weighted by Crippen LogP contribution is 2.29. The minimum atomic E-state index is -1.19. The molecule has 1 saturated heterocycles. The van der Waals surface area contributed by atoms with Gasteiger partial charge < -0.3 is 15.3 Å². The summed E-state index contributed by atoms with van der Waals surface area (Å²) in [5.41, 5.74) is -1.19. The monoisotopic (exact) mass is 283 g/mol. The van der Waals surface area contributed by atoms with Gasteiger partial charge in [-0.25, -0.2) is 9.59 Å². The molecule has 0 aromatic heterocycles. The summed E-state index contributed by atoms with van der Waals surface area (Å²) in [6.07, 6.45) is 3.49. The van der Waals surface area contributed by atoms with Crippen molar-refractivity contribution in [3.05, 3.63) is 0 Å². The van der Waals surface area contributed by atoms with Gasteiger partial charge in [-0.05, 0) is 40.0 Å². The van der Waals surface area contributed by atoms with Gasteiger partial charge in [-0.15, -0.1) is 0 Å². The molecule has 2 rings (SSSR count). The second kappa shape index (κ2) is 5.60. The normalized spacial score (nSPS) is 23.6. The maximum absolute atomic E-state index is 12.3. The average molecular weight is 283 g/mol. The van der Waals surface area contributed by atoms with Gasteiger partial charge in [0.25, 0.3) is 0 Å². The van der Waals surface area contributed by atoms with Gasteiger partial charge in [-0.1, -0.05) is 0 Å². The predicted molar refractivity (Wildman–Crippen MR) is 75.6 cm³/mol. The van der Waals surface area contributed by atoms with E-state index >= 15 is 0 Å². The summed E-state index contributed by atoms with van der Waals surface area (Å²) in [4.78, 5) is 27.4. The summed E-state index contributed by atoms with van der Waals surface area (Å²) in [6, 6.07) is 0.582. The van der Waals surface area contributed by atoms with Gasteiger partial charge in [0.15, 0.2) is 0 Å². The number of hydrogen-bond acceptors (Lipinski definition) is 3. The van der Waals surface area contributed by atoms with Crippen molar-refractivity contribution in [3.8, 4) is 0 Å². The minimum absolute atomic E-state index is 0.141. The number of carboxylic acid groups (broad SMARTS) is 1. The fraction of sp³-hybridized carbons (Fsp3) is 0.857. The van der Waals surface area contributed by atoms with E-state index in [0.717, 1.165) is 25.6 Å². The molecule has 2 N–H and O–H groups in total. The van der Waals surface area contributed by atoms with E-state index < -0.39 is 11.5 Å². The quantitative estimate of drug-likeness (QED) is 0.793. The van der Waals surface area contributed by atoms with Crippen molar-refractivity contribution in [1.29, 1.82) is 0 Å². The number of carboxylic acids is 1. The second-order valence-electron chi connectivity index (χ2n) is 6.27. The van der Waals surface area contributed by atoms with Crippen molar-refractivity contribution < 1.29 is 14.7 Å². The van der Waals surface area contributed by atoms with E-state index in [9.17, 15) is 14.7 Å². The number of urea groups is 1. The smallest absolute Gasteiger partial charge is 0.329 e. The van der Waals surface area contributed by atoms with Crippen LogP contribution in [0.1, 0.15) is 40.0 Å². The van der Waals surface area contributed by atoms with Crippen LogP contribution < -0.4 is 5.32 Å². The molecular weight excluding hydrogens is 258 g/mol. The Kier molecular flexibility index (Phi) is 4.22. The summed E-state index contributed by atoms with van der Waals surface area (Å²) in [5, 5.41) is 12.2. The Balaban J connectivity index is 1.91. The highest BCUT2D eigenvalue weighted by Gasteiger charge is 2.39. The molecule has 1 heterocycles. The van der Waals surface area contributed by atoms with Gasteiger partial charge in [0.1, 0.15) is 5.54 Å². The zero-order valence-electron chi connectivity index (χ0n) is 12.6. The molecule has 0 spiro atoms. The molecule has 1 saturated carbocycles. The number of likely N-dealkylation sites (tertiary alicyclic amines) is 1. The summed E-state index contributed by atoms with van der Waals surface area (Å²) in [6.45, 7) is 7.22. The molecule has 1 unspecified atom stereocenters. The molecule has 2 amide bonds. The molecule has 0 bridgehead atoms. The van der Waals surface area contributed by atoms with Crippen LogP contribution in [0.4, 0.5) is 4.79 Å². The van der Waals surface area contributed by atoms with E-state index in [1.54, 1.807) is 20.8 Å². The third-order valence-electron chi connectivity index (χ3n) is 4.37. The van der Waals surface area contributed by atoms with Crippen LogP contribution in [0.25, 0.3) is 0 Å². The molecule has 0 aromatic carbocycles. The number of carbonyl (C=O) groups excluding carboxylic acids is 1. The third-order valence-corrected chi connectivity index (χ3v) is 4.37. The first-order valence-electron chi connectivity index (χ1n) is 7.41. The summed E-state index contributed by atoms with van der Waals surface area (Å²) in [5.74, 6) is -0.986. The predicted octanol–water partition coefficient (Wildman–Crippen LogP) is 1.12.